The van der Waals surface area contributed by atoms with E-state index in [0.717, 1.165) is 31.7 Å². The van der Waals surface area contributed by atoms with Gasteiger partial charge in [0, 0.05) is 38.9 Å². The van der Waals surface area contributed by atoms with Gasteiger partial charge in [-0.3, -0.25) is 4.79 Å². The van der Waals surface area contributed by atoms with Crippen molar-refractivity contribution in [3.63, 3.8) is 0 Å². The highest BCUT2D eigenvalue weighted by Crippen LogP contribution is 2.21. The zero-order valence-electron chi connectivity index (χ0n) is 12.0. The molecule has 1 aromatic rings. The number of amides is 1. The van der Waals surface area contributed by atoms with E-state index >= 15 is 0 Å². The van der Waals surface area contributed by atoms with Crippen LogP contribution in [0.1, 0.15) is 12.8 Å². The fraction of sp³-hybridized carbons (Fsp3) is 0.643. The molecule has 0 radical (unpaired) electrons. The highest BCUT2D eigenvalue weighted by molar-refractivity contribution is 5.81. The quantitative estimate of drug-likeness (QED) is 0.818. The molecule has 2 saturated heterocycles. The molecule has 0 saturated carbocycles. The first kappa shape index (κ1) is 14.2. The van der Waals surface area contributed by atoms with Crippen molar-refractivity contribution < 1.29 is 9.53 Å². The lowest BCUT2D eigenvalue weighted by Crippen LogP contribution is -2.51. The number of piperazine rings is 1. The van der Waals surface area contributed by atoms with Crippen LogP contribution >= 0.6 is 0 Å². The van der Waals surface area contributed by atoms with Crippen molar-refractivity contribution in [1.29, 1.82) is 0 Å². The zero-order chi connectivity index (χ0) is 14.7. The number of carbonyl (C=O) groups excluding carboxylic acids is 1. The van der Waals surface area contributed by atoms with Gasteiger partial charge in [0.1, 0.15) is 6.10 Å². The molecule has 3 heterocycles. The molecule has 0 bridgehead atoms. The summed E-state index contributed by atoms with van der Waals surface area (Å²) in [5, 5.41) is 8.00. The molecule has 7 nitrogen and oxygen atoms in total. The summed E-state index contributed by atoms with van der Waals surface area (Å²) in [6, 6.07) is 3.82. The van der Waals surface area contributed by atoms with Gasteiger partial charge in [-0.1, -0.05) is 0 Å². The van der Waals surface area contributed by atoms with Gasteiger partial charge in [-0.15, -0.1) is 5.10 Å². The largest absolute Gasteiger partial charge is 0.364 e. The molecule has 1 aromatic heterocycles. The highest BCUT2D eigenvalue weighted by atomic mass is 16.5. The van der Waals surface area contributed by atoms with Crippen molar-refractivity contribution in [2.75, 3.05) is 37.6 Å². The monoisotopic (exact) mass is 291 g/mol. The summed E-state index contributed by atoms with van der Waals surface area (Å²) in [5.41, 5.74) is 5.59. The van der Waals surface area contributed by atoms with Crippen molar-refractivity contribution in [3.05, 3.63) is 18.3 Å². The zero-order valence-corrected chi connectivity index (χ0v) is 12.0. The first-order valence-electron chi connectivity index (χ1n) is 7.45. The Morgan fingerprint density at radius 3 is 2.76 bits per heavy atom. The normalized spacial score (nSPS) is 26.1. The highest BCUT2D eigenvalue weighted by Gasteiger charge is 2.34. The second-order valence-electron chi connectivity index (χ2n) is 5.45. The van der Waals surface area contributed by atoms with E-state index in [1.807, 2.05) is 17.0 Å². The van der Waals surface area contributed by atoms with Gasteiger partial charge in [-0.05, 0) is 25.0 Å². The van der Waals surface area contributed by atoms with Crippen LogP contribution in [0, 0.1) is 0 Å². The predicted octanol–water partition coefficient (Wildman–Crippen LogP) is -0.368. The molecule has 0 spiro atoms. The number of nitrogens with two attached hydrogens (primary N) is 1. The van der Waals surface area contributed by atoms with Crippen molar-refractivity contribution in [3.8, 4) is 0 Å². The standard InChI is InChI=1S/C14H21N5O2/c15-10-11-3-4-12(21-11)14(20)19-8-6-18(7-9-19)13-2-1-5-16-17-13/h1-2,5,11-12H,3-4,6-10,15H2/t11-,12+/m1/s1. The van der Waals surface area contributed by atoms with Gasteiger partial charge < -0.3 is 20.3 Å². The Bertz CT molecular complexity index is 476. The Hall–Kier alpha value is -1.73. The molecule has 0 aliphatic carbocycles. The number of rotatable bonds is 3. The number of aromatic nitrogens is 2. The lowest BCUT2D eigenvalue weighted by Gasteiger charge is -2.36. The molecule has 2 atom stereocenters. The van der Waals surface area contributed by atoms with E-state index in [1.165, 1.54) is 0 Å². The number of hydrogen-bond acceptors (Lipinski definition) is 6. The molecule has 2 aliphatic heterocycles. The summed E-state index contributed by atoms with van der Waals surface area (Å²) in [5.74, 6) is 0.967. The van der Waals surface area contributed by atoms with Crippen LogP contribution in [0.2, 0.25) is 0 Å². The Morgan fingerprint density at radius 2 is 2.14 bits per heavy atom. The van der Waals surface area contributed by atoms with Crippen LogP contribution < -0.4 is 10.6 Å². The Morgan fingerprint density at radius 1 is 1.33 bits per heavy atom. The second kappa shape index (κ2) is 6.36. The van der Waals surface area contributed by atoms with E-state index in [2.05, 4.69) is 15.1 Å². The average Bonchev–Trinajstić information content (AvgIpc) is 3.04. The smallest absolute Gasteiger partial charge is 0.251 e. The van der Waals surface area contributed by atoms with Crippen molar-refractivity contribution in [2.45, 2.75) is 25.0 Å². The van der Waals surface area contributed by atoms with Crippen molar-refractivity contribution in [1.82, 2.24) is 15.1 Å². The fourth-order valence-electron chi connectivity index (χ4n) is 2.88. The summed E-state index contributed by atoms with van der Waals surface area (Å²) in [6.45, 7) is 3.43. The molecule has 2 N–H and O–H groups in total. The number of nitrogens with zero attached hydrogens (tertiary/aromatic N) is 4. The minimum atomic E-state index is -0.304. The Balaban J connectivity index is 1.53. The summed E-state index contributed by atoms with van der Waals surface area (Å²) in [4.78, 5) is 16.5. The van der Waals surface area contributed by atoms with E-state index < -0.39 is 0 Å². The van der Waals surface area contributed by atoms with Gasteiger partial charge in [-0.2, -0.15) is 5.10 Å². The number of anilines is 1. The predicted molar refractivity (Wildman–Crippen MR) is 77.8 cm³/mol. The lowest BCUT2D eigenvalue weighted by molar-refractivity contribution is -0.143. The molecule has 114 valence electrons. The molecule has 0 unspecified atom stereocenters. The van der Waals surface area contributed by atoms with Crippen LogP contribution in [-0.2, 0) is 9.53 Å². The topological polar surface area (TPSA) is 84.6 Å². The fourth-order valence-corrected chi connectivity index (χ4v) is 2.88. The van der Waals surface area contributed by atoms with E-state index in [1.54, 1.807) is 6.20 Å². The molecule has 0 aromatic carbocycles. The second-order valence-corrected chi connectivity index (χ2v) is 5.45. The summed E-state index contributed by atoms with van der Waals surface area (Å²) >= 11 is 0. The molecular formula is C14H21N5O2. The summed E-state index contributed by atoms with van der Waals surface area (Å²) in [7, 11) is 0. The molecular weight excluding hydrogens is 270 g/mol. The molecule has 2 fully saturated rings. The third kappa shape index (κ3) is 3.14. The third-order valence-corrected chi connectivity index (χ3v) is 4.12. The van der Waals surface area contributed by atoms with E-state index in [9.17, 15) is 4.79 Å². The molecule has 3 rings (SSSR count). The molecule has 21 heavy (non-hydrogen) atoms. The van der Waals surface area contributed by atoms with E-state index in [0.29, 0.717) is 19.6 Å². The number of hydrogen-bond donors (Lipinski definition) is 1. The maximum Gasteiger partial charge on any atom is 0.251 e. The van der Waals surface area contributed by atoms with Crippen LogP contribution in [0.5, 0.6) is 0 Å². The van der Waals surface area contributed by atoms with Gasteiger partial charge in [0.15, 0.2) is 5.82 Å². The van der Waals surface area contributed by atoms with Crippen molar-refractivity contribution in [2.24, 2.45) is 5.73 Å². The first-order chi connectivity index (χ1) is 10.3. The van der Waals surface area contributed by atoms with Gasteiger partial charge in [0.25, 0.3) is 5.91 Å². The van der Waals surface area contributed by atoms with Crippen LogP contribution in [0.25, 0.3) is 0 Å². The maximum atomic E-state index is 12.4. The van der Waals surface area contributed by atoms with Crippen LogP contribution in [0.3, 0.4) is 0 Å². The van der Waals surface area contributed by atoms with Gasteiger partial charge in [-0.25, -0.2) is 0 Å². The van der Waals surface area contributed by atoms with E-state index in [4.69, 9.17) is 10.5 Å². The van der Waals surface area contributed by atoms with Crippen molar-refractivity contribution >= 4 is 11.7 Å². The lowest BCUT2D eigenvalue weighted by atomic mass is 10.1. The van der Waals surface area contributed by atoms with Crippen LogP contribution in [0.4, 0.5) is 5.82 Å². The van der Waals surface area contributed by atoms with Gasteiger partial charge in [0.2, 0.25) is 0 Å². The minimum Gasteiger partial charge on any atom is -0.364 e. The SMILES string of the molecule is NC[C@H]1CC[C@@H](C(=O)N2CCN(c3cccnn3)CC2)O1. The van der Waals surface area contributed by atoms with Gasteiger partial charge >= 0.3 is 0 Å². The first-order valence-corrected chi connectivity index (χ1v) is 7.45. The van der Waals surface area contributed by atoms with Crippen LogP contribution in [-0.4, -0.2) is 65.9 Å². The molecule has 1 amide bonds. The van der Waals surface area contributed by atoms with E-state index in [-0.39, 0.29) is 18.1 Å². The minimum absolute atomic E-state index is 0.0415. The number of ether oxygens (including phenoxy) is 1. The average molecular weight is 291 g/mol. The molecule has 2 aliphatic rings. The summed E-state index contributed by atoms with van der Waals surface area (Å²) < 4.78 is 5.68. The summed E-state index contributed by atoms with van der Waals surface area (Å²) in [6.07, 6.45) is 3.06. The third-order valence-electron chi connectivity index (χ3n) is 4.12. The molecule has 7 heteroatoms. The maximum absolute atomic E-state index is 12.4. The van der Waals surface area contributed by atoms with Crippen LogP contribution in [0.15, 0.2) is 18.3 Å². The van der Waals surface area contributed by atoms with Gasteiger partial charge in [0.05, 0.1) is 6.10 Å². The Kier molecular flexibility index (Phi) is 4.31. The number of carbonyl (C=O) groups is 1. The Labute approximate surface area is 124 Å².